The standard InChI is InChI=1S/C29H44N4O3/c1-3-24(30-2)27(34)31-25(22-13-8-5-9-14-22)28(35)33-20-17-23-15-10-18-32(29(36)26(23)33)19-16-21-11-6-4-7-12-21/h4,6-7,11-12,22-26,30H,3,5,8-10,13-20H2,1-2H3,(H,31,34)/t23?,24-,25-,26?/m0/s1. The zero-order valence-corrected chi connectivity index (χ0v) is 22.1. The summed E-state index contributed by atoms with van der Waals surface area (Å²) < 4.78 is 0. The molecule has 36 heavy (non-hydrogen) atoms. The van der Waals surface area contributed by atoms with Crippen LogP contribution in [0.3, 0.4) is 0 Å². The summed E-state index contributed by atoms with van der Waals surface area (Å²) in [6.07, 6.45) is 9.57. The first-order chi connectivity index (χ1) is 17.5. The molecule has 3 fully saturated rings. The highest BCUT2D eigenvalue weighted by Crippen LogP contribution is 2.35. The average molecular weight is 497 g/mol. The lowest BCUT2D eigenvalue weighted by molar-refractivity contribution is -0.147. The summed E-state index contributed by atoms with van der Waals surface area (Å²) in [5.74, 6) is 0.281. The number of nitrogens with one attached hydrogen (secondary N) is 2. The molecule has 2 heterocycles. The normalized spacial score (nSPS) is 24.7. The molecule has 2 unspecified atom stereocenters. The maximum Gasteiger partial charge on any atom is 0.246 e. The van der Waals surface area contributed by atoms with Gasteiger partial charge in [-0.05, 0) is 69.4 Å². The molecular formula is C29H44N4O3. The highest BCUT2D eigenvalue weighted by Gasteiger charge is 2.47. The quantitative estimate of drug-likeness (QED) is 0.550. The number of carbonyl (C=O) groups excluding carboxylic acids is 3. The third-order valence-electron chi connectivity index (χ3n) is 8.65. The summed E-state index contributed by atoms with van der Waals surface area (Å²) >= 11 is 0. The van der Waals surface area contributed by atoms with Gasteiger partial charge in [-0.25, -0.2) is 0 Å². The van der Waals surface area contributed by atoms with E-state index in [0.29, 0.717) is 19.5 Å². The Morgan fingerprint density at radius 3 is 2.44 bits per heavy atom. The maximum atomic E-state index is 14.1. The molecule has 0 radical (unpaired) electrons. The van der Waals surface area contributed by atoms with E-state index >= 15 is 0 Å². The first-order valence-corrected chi connectivity index (χ1v) is 14.1. The van der Waals surface area contributed by atoms with Crippen LogP contribution < -0.4 is 10.6 Å². The molecule has 1 aliphatic carbocycles. The monoisotopic (exact) mass is 496 g/mol. The second-order valence-corrected chi connectivity index (χ2v) is 10.9. The summed E-state index contributed by atoms with van der Waals surface area (Å²) in [6.45, 7) is 4.01. The Labute approximate surface area is 216 Å². The fourth-order valence-electron chi connectivity index (χ4n) is 6.51. The van der Waals surface area contributed by atoms with Crippen LogP contribution in [0.1, 0.15) is 70.3 Å². The van der Waals surface area contributed by atoms with Gasteiger partial charge in [-0.2, -0.15) is 0 Å². The molecule has 1 aromatic carbocycles. The largest absolute Gasteiger partial charge is 0.343 e. The van der Waals surface area contributed by atoms with Gasteiger partial charge in [0.25, 0.3) is 0 Å². The van der Waals surface area contributed by atoms with Gasteiger partial charge in [0.15, 0.2) is 0 Å². The molecule has 3 amide bonds. The molecule has 0 spiro atoms. The van der Waals surface area contributed by atoms with Gasteiger partial charge in [-0.3, -0.25) is 14.4 Å². The lowest BCUT2D eigenvalue weighted by atomic mass is 9.83. The first kappa shape index (κ1) is 26.6. The van der Waals surface area contributed by atoms with Crippen molar-refractivity contribution in [3.05, 3.63) is 35.9 Å². The van der Waals surface area contributed by atoms with Crippen molar-refractivity contribution in [3.63, 3.8) is 0 Å². The van der Waals surface area contributed by atoms with Crippen LogP contribution >= 0.6 is 0 Å². The summed E-state index contributed by atoms with van der Waals surface area (Å²) in [4.78, 5) is 44.8. The van der Waals surface area contributed by atoms with Crippen molar-refractivity contribution >= 4 is 17.7 Å². The van der Waals surface area contributed by atoms with Gasteiger partial charge in [-0.1, -0.05) is 56.5 Å². The highest BCUT2D eigenvalue weighted by atomic mass is 16.2. The Hall–Kier alpha value is -2.41. The molecular weight excluding hydrogens is 452 g/mol. The first-order valence-electron chi connectivity index (χ1n) is 14.1. The number of nitrogens with zero attached hydrogens (tertiary/aromatic N) is 2. The smallest absolute Gasteiger partial charge is 0.246 e. The van der Waals surface area contributed by atoms with Crippen LogP contribution in [0.5, 0.6) is 0 Å². The van der Waals surface area contributed by atoms with Crippen molar-refractivity contribution < 1.29 is 14.4 Å². The number of fused-ring (bicyclic) bond motifs is 1. The molecule has 2 aliphatic heterocycles. The van der Waals surface area contributed by atoms with Crippen molar-refractivity contribution in [2.24, 2.45) is 11.8 Å². The Balaban J connectivity index is 1.51. The van der Waals surface area contributed by atoms with Crippen molar-refractivity contribution in [2.45, 2.75) is 89.3 Å². The predicted octanol–water partition coefficient (Wildman–Crippen LogP) is 3.13. The van der Waals surface area contributed by atoms with Crippen LogP contribution in [0.4, 0.5) is 0 Å². The van der Waals surface area contributed by atoms with Crippen LogP contribution in [0.15, 0.2) is 30.3 Å². The van der Waals surface area contributed by atoms with E-state index in [1.54, 1.807) is 7.05 Å². The molecule has 1 saturated carbocycles. The predicted molar refractivity (Wildman–Crippen MR) is 141 cm³/mol. The van der Waals surface area contributed by atoms with Crippen LogP contribution in [0.25, 0.3) is 0 Å². The molecule has 1 aromatic rings. The molecule has 7 heteroatoms. The third-order valence-corrected chi connectivity index (χ3v) is 8.65. The van der Waals surface area contributed by atoms with Gasteiger partial charge < -0.3 is 20.4 Å². The van der Waals surface area contributed by atoms with E-state index in [4.69, 9.17) is 0 Å². The van der Waals surface area contributed by atoms with Crippen LogP contribution in [0, 0.1) is 11.8 Å². The van der Waals surface area contributed by atoms with Gasteiger partial charge in [-0.15, -0.1) is 0 Å². The molecule has 198 valence electrons. The number of likely N-dealkylation sites (N-methyl/N-ethyl adjacent to an activating group) is 1. The van der Waals surface area contributed by atoms with E-state index < -0.39 is 12.1 Å². The van der Waals surface area contributed by atoms with Crippen molar-refractivity contribution in [1.82, 2.24) is 20.4 Å². The average Bonchev–Trinajstić information content (AvgIpc) is 3.27. The van der Waals surface area contributed by atoms with E-state index in [1.165, 1.54) is 12.0 Å². The zero-order chi connectivity index (χ0) is 25.5. The molecule has 0 bridgehead atoms. The number of carbonyl (C=O) groups is 3. The number of benzene rings is 1. The molecule has 0 aromatic heterocycles. The number of hydrogen-bond donors (Lipinski definition) is 2. The van der Waals surface area contributed by atoms with E-state index in [-0.39, 0.29) is 35.6 Å². The fraction of sp³-hybridized carbons (Fsp3) is 0.690. The minimum absolute atomic E-state index is 0.0491. The molecule has 2 N–H and O–H groups in total. The van der Waals surface area contributed by atoms with Crippen LogP contribution in [-0.4, -0.2) is 72.3 Å². The van der Waals surface area contributed by atoms with Gasteiger partial charge in [0.05, 0.1) is 6.04 Å². The Morgan fingerprint density at radius 1 is 1.00 bits per heavy atom. The lowest BCUT2D eigenvalue weighted by Crippen LogP contribution is -2.59. The highest BCUT2D eigenvalue weighted by molar-refractivity contribution is 5.94. The number of rotatable bonds is 9. The minimum Gasteiger partial charge on any atom is -0.343 e. The van der Waals surface area contributed by atoms with Crippen LogP contribution in [0.2, 0.25) is 0 Å². The van der Waals surface area contributed by atoms with Crippen LogP contribution in [-0.2, 0) is 20.8 Å². The lowest BCUT2D eigenvalue weighted by Gasteiger charge is -2.36. The van der Waals surface area contributed by atoms with Gasteiger partial charge in [0.2, 0.25) is 17.7 Å². The molecule has 7 nitrogen and oxygen atoms in total. The Bertz CT molecular complexity index is 882. The zero-order valence-electron chi connectivity index (χ0n) is 22.1. The van der Waals surface area contributed by atoms with Crippen molar-refractivity contribution in [2.75, 3.05) is 26.7 Å². The fourth-order valence-corrected chi connectivity index (χ4v) is 6.51. The summed E-state index contributed by atoms with van der Waals surface area (Å²) in [6, 6.07) is 9.01. The number of likely N-dealkylation sites (tertiary alicyclic amines) is 2. The summed E-state index contributed by atoms with van der Waals surface area (Å²) in [5.41, 5.74) is 1.22. The van der Waals surface area contributed by atoms with E-state index in [0.717, 1.165) is 57.9 Å². The van der Waals surface area contributed by atoms with Crippen molar-refractivity contribution in [1.29, 1.82) is 0 Å². The minimum atomic E-state index is -0.548. The topological polar surface area (TPSA) is 81.8 Å². The van der Waals surface area contributed by atoms with Gasteiger partial charge >= 0.3 is 0 Å². The SMILES string of the molecule is CC[C@H](NC)C(=O)N[C@H](C(=O)N1CCC2CCCN(CCc3ccccc3)C(=O)C21)C1CCCCC1. The van der Waals surface area contributed by atoms with Crippen molar-refractivity contribution in [3.8, 4) is 0 Å². The number of hydrogen-bond acceptors (Lipinski definition) is 4. The second kappa shape index (κ2) is 12.7. The van der Waals surface area contributed by atoms with E-state index in [1.807, 2.05) is 34.9 Å². The number of amides is 3. The molecule has 4 atom stereocenters. The van der Waals surface area contributed by atoms with E-state index in [9.17, 15) is 14.4 Å². The molecule has 3 aliphatic rings. The molecule has 2 saturated heterocycles. The maximum absolute atomic E-state index is 14.1. The second-order valence-electron chi connectivity index (χ2n) is 10.9. The summed E-state index contributed by atoms with van der Waals surface area (Å²) in [5, 5.41) is 6.20. The third kappa shape index (κ3) is 6.10. The Morgan fingerprint density at radius 2 is 1.75 bits per heavy atom. The van der Waals surface area contributed by atoms with Gasteiger partial charge in [0.1, 0.15) is 12.1 Å². The molecule has 4 rings (SSSR count). The van der Waals surface area contributed by atoms with E-state index in [2.05, 4.69) is 22.8 Å². The Kier molecular flexibility index (Phi) is 9.41. The van der Waals surface area contributed by atoms with Gasteiger partial charge in [0, 0.05) is 19.6 Å². The summed E-state index contributed by atoms with van der Waals surface area (Å²) in [7, 11) is 1.78.